The van der Waals surface area contributed by atoms with Crippen molar-refractivity contribution in [3.8, 4) is 5.75 Å². The van der Waals surface area contributed by atoms with Crippen molar-refractivity contribution < 1.29 is 9.90 Å². The summed E-state index contributed by atoms with van der Waals surface area (Å²) in [7, 11) is 0. The number of amides is 1. The van der Waals surface area contributed by atoms with E-state index in [1.165, 1.54) is 6.42 Å². The van der Waals surface area contributed by atoms with Crippen molar-refractivity contribution in [2.75, 3.05) is 18.4 Å². The van der Waals surface area contributed by atoms with Crippen molar-refractivity contribution in [1.29, 1.82) is 0 Å². The van der Waals surface area contributed by atoms with E-state index >= 15 is 0 Å². The molecule has 4 heteroatoms. The first-order chi connectivity index (χ1) is 8.72. The molecule has 3 nitrogen and oxygen atoms in total. The highest BCUT2D eigenvalue weighted by atomic mass is 79.9. The number of para-hydroxylation sites is 1. The molecule has 0 spiro atoms. The van der Waals surface area contributed by atoms with Crippen molar-refractivity contribution in [3.05, 3.63) is 29.8 Å². The Morgan fingerprint density at radius 3 is 2.94 bits per heavy atom. The van der Waals surface area contributed by atoms with Crippen LogP contribution in [0, 0.1) is 5.92 Å². The molecule has 0 aromatic heterocycles. The minimum atomic E-state index is -0.0487. The SMILES string of the molecule is O=C(c1ccccc1O)N1CCCC(CCBr)C1. The highest BCUT2D eigenvalue weighted by Crippen LogP contribution is 2.24. The quantitative estimate of drug-likeness (QED) is 0.872. The van der Waals surface area contributed by atoms with Crippen LogP contribution in [0.5, 0.6) is 5.75 Å². The molecule has 0 saturated carbocycles. The van der Waals surface area contributed by atoms with Gasteiger partial charge in [-0.2, -0.15) is 0 Å². The van der Waals surface area contributed by atoms with Gasteiger partial charge in [0.25, 0.3) is 5.91 Å². The summed E-state index contributed by atoms with van der Waals surface area (Å²) in [6.07, 6.45) is 3.34. The predicted octanol–water partition coefficient (Wildman–Crippen LogP) is 3.03. The summed E-state index contributed by atoms with van der Waals surface area (Å²) in [5, 5.41) is 10.7. The van der Waals surface area contributed by atoms with Gasteiger partial charge >= 0.3 is 0 Å². The van der Waals surface area contributed by atoms with Gasteiger partial charge < -0.3 is 10.0 Å². The third-order valence-corrected chi connectivity index (χ3v) is 3.92. The van der Waals surface area contributed by atoms with Gasteiger partial charge in [-0.1, -0.05) is 28.1 Å². The van der Waals surface area contributed by atoms with Gasteiger partial charge in [0.2, 0.25) is 0 Å². The largest absolute Gasteiger partial charge is 0.507 e. The van der Waals surface area contributed by atoms with Gasteiger partial charge in [0.15, 0.2) is 0 Å². The van der Waals surface area contributed by atoms with E-state index in [9.17, 15) is 9.90 Å². The highest BCUT2D eigenvalue weighted by Gasteiger charge is 2.25. The second kappa shape index (κ2) is 6.23. The number of hydrogen-bond donors (Lipinski definition) is 1. The van der Waals surface area contributed by atoms with Gasteiger partial charge in [0.05, 0.1) is 5.56 Å². The molecule has 1 aliphatic heterocycles. The average molecular weight is 312 g/mol. The first-order valence-electron chi connectivity index (χ1n) is 6.35. The van der Waals surface area contributed by atoms with E-state index in [-0.39, 0.29) is 11.7 Å². The van der Waals surface area contributed by atoms with E-state index in [1.807, 2.05) is 4.90 Å². The van der Waals surface area contributed by atoms with E-state index in [0.717, 1.165) is 31.3 Å². The molecule has 1 saturated heterocycles. The van der Waals surface area contributed by atoms with E-state index < -0.39 is 0 Å². The third-order valence-electron chi connectivity index (χ3n) is 3.46. The minimum Gasteiger partial charge on any atom is -0.507 e. The van der Waals surface area contributed by atoms with Gasteiger partial charge in [0, 0.05) is 18.4 Å². The summed E-state index contributed by atoms with van der Waals surface area (Å²) >= 11 is 3.45. The van der Waals surface area contributed by atoms with Crippen molar-refractivity contribution in [1.82, 2.24) is 4.90 Å². The number of carbonyl (C=O) groups excluding carboxylic acids is 1. The molecule has 1 fully saturated rings. The normalized spacial score (nSPS) is 19.8. The van der Waals surface area contributed by atoms with Crippen molar-refractivity contribution >= 4 is 21.8 Å². The molecular formula is C14H18BrNO2. The number of carbonyl (C=O) groups is 1. The lowest BCUT2D eigenvalue weighted by Crippen LogP contribution is -2.40. The molecule has 98 valence electrons. The number of benzene rings is 1. The fourth-order valence-electron chi connectivity index (χ4n) is 2.46. The predicted molar refractivity (Wildman–Crippen MR) is 75.1 cm³/mol. The van der Waals surface area contributed by atoms with Crippen LogP contribution in [0.3, 0.4) is 0 Å². The Hall–Kier alpha value is -1.03. The Balaban J connectivity index is 2.07. The number of piperidine rings is 1. The maximum atomic E-state index is 12.3. The van der Waals surface area contributed by atoms with Crippen LogP contribution in [0.1, 0.15) is 29.6 Å². The maximum Gasteiger partial charge on any atom is 0.257 e. The Kier molecular flexibility index (Phi) is 4.64. The summed E-state index contributed by atoms with van der Waals surface area (Å²) in [5.74, 6) is 0.602. The molecule has 1 N–H and O–H groups in total. The van der Waals surface area contributed by atoms with Crippen LogP contribution in [-0.4, -0.2) is 34.3 Å². The van der Waals surface area contributed by atoms with Gasteiger partial charge in [0.1, 0.15) is 5.75 Å². The molecule has 0 aliphatic carbocycles. The Morgan fingerprint density at radius 2 is 2.22 bits per heavy atom. The molecule has 18 heavy (non-hydrogen) atoms. The lowest BCUT2D eigenvalue weighted by molar-refractivity contribution is 0.0669. The number of phenols is 1. The van der Waals surface area contributed by atoms with Crippen molar-refractivity contribution in [3.63, 3.8) is 0 Å². The Bertz CT molecular complexity index is 420. The number of aromatic hydroxyl groups is 1. The summed E-state index contributed by atoms with van der Waals surface area (Å²) in [4.78, 5) is 14.2. The van der Waals surface area contributed by atoms with Gasteiger partial charge in [-0.25, -0.2) is 0 Å². The van der Waals surface area contributed by atoms with Crippen molar-refractivity contribution in [2.45, 2.75) is 19.3 Å². The van der Waals surface area contributed by atoms with Gasteiger partial charge in [-0.05, 0) is 37.3 Å². The van der Waals surface area contributed by atoms with Crippen molar-refractivity contribution in [2.24, 2.45) is 5.92 Å². The monoisotopic (exact) mass is 311 g/mol. The Morgan fingerprint density at radius 1 is 1.44 bits per heavy atom. The molecule has 1 heterocycles. The van der Waals surface area contributed by atoms with Crippen LogP contribution in [0.4, 0.5) is 0 Å². The van der Waals surface area contributed by atoms with E-state index in [2.05, 4.69) is 15.9 Å². The molecule has 0 bridgehead atoms. The summed E-state index contributed by atoms with van der Waals surface area (Å²) in [6.45, 7) is 1.60. The maximum absolute atomic E-state index is 12.3. The molecular weight excluding hydrogens is 294 g/mol. The molecule has 2 rings (SSSR count). The summed E-state index contributed by atoms with van der Waals surface area (Å²) < 4.78 is 0. The van der Waals surface area contributed by atoms with Crippen LogP contribution in [0.2, 0.25) is 0 Å². The standard InChI is InChI=1S/C14H18BrNO2/c15-8-7-11-4-3-9-16(10-11)14(18)12-5-1-2-6-13(12)17/h1-2,5-6,11,17H,3-4,7-10H2. The zero-order valence-electron chi connectivity index (χ0n) is 10.3. The first-order valence-corrected chi connectivity index (χ1v) is 7.47. The number of halogens is 1. The van der Waals surface area contributed by atoms with Crippen LogP contribution >= 0.6 is 15.9 Å². The minimum absolute atomic E-state index is 0.0487. The van der Waals surface area contributed by atoms with E-state index in [1.54, 1.807) is 24.3 Å². The topological polar surface area (TPSA) is 40.5 Å². The average Bonchev–Trinajstić information content (AvgIpc) is 2.39. The molecule has 1 aliphatic rings. The smallest absolute Gasteiger partial charge is 0.257 e. The molecule has 1 amide bonds. The zero-order valence-corrected chi connectivity index (χ0v) is 11.9. The fraction of sp³-hybridized carbons (Fsp3) is 0.500. The molecule has 1 aromatic carbocycles. The van der Waals surface area contributed by atoms with Crippen LogP contribution in [0.15, 0.2) is 24.3 Å². The molecule has 1 unspecified atom stereocenters. The van der Waals surface area contributed by atoms with E-state index in [0.29, 0.717) is 11.5 Å². The van der Waals surface area contributed by atoms with Gasteiger partial charge in [-0.15, -0.1) is 0 Å². The van der Waals surface area contributed by atoms with Gasteiger partial charge in [-0.3, -0.25) is 4.79 Å². The molecule has 1 aromatic rings. The van der Waals surface area contributed by atoms with Crippen LogP contribution in [0.25, 0.3) is 0 Å². The zero-order chi connectivity index (χ0) is 13.0. The number of nitrogens with zero attached hydrogens (tertiary/aromatic N) is 1. The first kappa shape index (κ1) is 13.4. The summed E-state index contributed by atoms with van der Waals surface area (Å²) in [6, 6.07) is 6.77. The lowest BCUT2D eigenvalue weighted by atomic mass is 9.95. The van der Waals surface area contributed by atoms with Crippen LogP contribution < -0.4 is 0 Å². The second-order valence-electron chi connectivity index (χ2n) is 4.75. The molecule has 0 radical (unpaired) electrons. The third kappa shape index (κ3) is 3.05. The number of alkyl halides is 1. The summed E-state index contributed by atoms with van der Waals surface area (Å²) in [5.41, 5.74) is 0.414. The molecule has 1 atom stereocenters. The Labute approximate surface area is 116 Å². The highest BCUT2D eigenvalue weighted by molar-refractivity contribution is 9.09. The number of hydrogen-bond acceptors (Lipinski definition) is 2. The fourth-order valence-corrected chi connectivity index (χ4v) is 3.11. The van der Waals surface area contributed by atoms with Crippen LogP contribution in [-0.2, 0) is 0 Å². The number of likely N-dealkylation sites (tertiary alicyclic amines) is 1. The lowest BCUT2D eigenvalue weighted by Gasteiger charge is -2.32. The second-order valence-corrected chi connectivity index (χ2v) is 5.55. The number of rotatable bonds is 3. The number of phenolic OH excluding ortho intramolecular Hbond substituents is 1. The van der Waals surface area contributed by atoms with E-state index in [4.69, 9.17) is 0 Å².